The van der Waals surface area contributed by atoms with Crippen LogP contribution in [0.4, 0.5) is 4.39 Å². The average Bonchev–Trinajstić information content (AvgIpc) is 3.03. The summed E-state index contributed by atoms with van der Waals surface area (Å²) in [6, 6.07) is 5.64. The van der Waals surface area contributed by atoms with Crippen LogP contribution in [0.1, 0.15) is 25.5 Å². The topological polar surface area (TPSA) is 67.2 Å². The van der Waals surface area contributed by atoms with Crippen LogP contribution in [0.25, 0.3) is 0 Å². The second-order valence-electron chi connectivity index (χ2n) is 6.69. The summed E-state index contributed by atoms with van der Waals surface area (Å²) in [4.78, 5) is 4.10. The summed E-state index contributed by atoms with van der Waals surface area (Å²) in [5, 5.41) is 3.22. The smallest absolute Gasteiger partial charge is 0.262 e. The molecular weight excluding hydrogens is 379 g/mol. The van der Waals surface area contributed by atoms with Crippen LogP contribution in [-0.2, 0) is 16.6 Å². The third-order valence-corrected chi connectivity index (χ3v) is 5.98. The fourth-order valence-corrected chi connectivity index (χ4v) is 4.64. The molecule has 3 rings (SSSR count). The molecule has 9 heteroatoms. The van der Waals surface area contributed by atoms with Crippen molar-refractivity contribution < 1.29 is 12.8 Å². The number of rotatable bonds is 5. The molecule has 0 saturated carbocycles. The van der Waals surface area contributed by atoms with Gasteiger partial charge in [0.05, 0.1) is 12.4 Å². The van der Waals surface area contributed by atoms with Crippen LogP contribution in [0.2, 0.25) is 0 Å². The van der Waals surface area contributed by atoms with E-state index in [0.717, 1.165) is 0 Å². The minimum atomic E-state index is -3.75. The monoisotopic (exact) mass is 402 g/mol. The predicted octanol–water partition coefficient (Wildman–Crippen LogP) is 2.44. The Morgan fingerprint density at radius 2 is 2.15 bits per heavy atom. The highest BCUT2D eigenvalue weighted by Gasteiger charge is 2.35. The molecule has 0 bridgehead atoms. The van der Waals surface area contributed by atoms with E-state index in [0.29, 0.717) is 37.7 Å². The Labute approximate surface area is 159 Å². The number of nitrogens with one attached hydrogen (secondary N) is 1. The van der Waals surface area contributed by atoms with Gasteiger partial charge in [0.1, 0.15) is 5.82 Å². The Balaban J connectivity index is 0.00000243. The number of hydrogen-bond acceptors (Lipinski definition) is 4. The number of aromatic nitrogens is 2. The first-order valence-electron chi connectivity index (χ1n) is 8.37. The second-order valence-corrected chi connectivity index (χ2v) is 8.53. The second kappa shape index (κ2) is 8.47. The number of piperazine rings is 1. The molecule has 1 aliphatic rings. The first-order chi connectivity index (χ1) is 11.9. The maximum Gasteiger partial charge on any atom is 0.262 e. The number of benzene rings is 1. The van der Waals surface area contributed by atoms with Crippen molar-refractivity contribution in [3.63, 3.8) is 0 Å². The Bertz CT molecular complexity index is 841. The Kier molecular flexibility index (Phi) is 6.79. The maximum atomic E-state index is 13.6. The fourth-order valence-electron chi connectivity index (χ4n) is 3.09. The van der Waals surface area contributed by atoms with E-state index in [1.807, 2.05) is 0 Å². The zero-order valence-corrected chi connectivity index (χ0v) is 16.4. The van der Waals surface area contributed by atoms with Crippen LogP contribution < -0.4 is 5.32 Å². The molecule has 1 aromatic carbocycles. The van der Waals surface area contributed by atoms with E-state index < -0.39 is 16.1 Å². The zero-order chi connectivity index (χ0) is 18.0. The van der Waals surface area contributed by atoms with Crippen molar-refractivity contribution in [1.29, 1.82) is 0 Å². The van der Waals surface area contributed by atoms with Gasteiger partial charge in [-0.05, 0) is 23.6 Å². The van der Waals surface area contributed by atoms with Crippen molar-refractivity contribution in [3.05, 3.63) is 48.2 Å². The quantitative estimate of drug-likeness (QED) is 0.834. The molecule has 1 aromatic heterocycles. The molecule has 6 nitrogen and oxygen atoms in total. The van der Waals surface area contributed by atoms with Gasteiger partial charge in [-0.3, -0.25) is 0 Å². The molecule has 0 radical (unpaired) electrons. The highest BCUT2D eigenvalue weighted by Crippen LogP contribution is 2.28. The van der Waals surface area contributed by atoms with Crippen molar-refractivity contribution >= 4 is 22.4 Å². The van der Waals surface area contributed by atoms with E-state index in [-0.39, 0.29) is 23.3 Å². The molecule has 0 spiro atoms. The van der Waals surface area contributed by atoms with Gasteiger partial charge < -0.3 is 9.88 Å². The summed E-state index contributed by atoms with van der Waals surface area (Å²) in [6.07, 6.45) is 3.12. The molecule has 144 valence electrons. The highest BCUT2D eigenvalue weighted by molar-refractivity contribution is 7.89. The van der Waals surface area contributed by atoms with Gasteiger partial charge in [-0.25, -0.2) is 17.8 Å². The normalized spacial score (nSPS) is 18.7. The summed E-state index contributed by atoms with van der Waals surface area (Å²) in [7, 11) is -3.75. The van der Waals surface area contributed by atoms with E-state index in [1.165, 1.54) is 16.4 Å². The van der Waals surface area contributed by atoms with E-state index in [1.54, 1.807) is 29.2 Å². The predicted molar refractivity (Wildman–Crippen MR) is 100 cm³/mol. The maximum absolute atomic E-state index is 13.6. The van der Waals surface area contributed by atoms with Crippen LogP contribution in [0.5, 0.6) is 0 Å². The third-order valence-electron chi connectivity index (χ3n) is 4.19. The number of halogens is 2. The van der Waals surface area contributed by atoms with Gasteiger partial charge in [0, 0.05) is 32.4 Å². The summed E-state index contributed by atoms with van der Waals surface area (Å²) < 4.78 is 43.0. The van der Waals surface area contributed by atoms with Crippen molar-refractivity contribution in [2.24, 2.45) is 5.92 Å². The molecule has 1 unspecified atom stereocenters. The van der Waals surface area contributed by atoms with Crippen LogP contribution in [0.15, 0.2) is 41.8 Å². The van der Waals surface area contributed by atoms with Gasteiger partial charge in [-0.15, -0.1) is 12.4 Å². The van der Waals surface area contributed by atoms with Crippen molar-refractivity contribution in [2.75, 3.05) is 19.6 Å². The first kappa shape index (κ1) is 20.8. The van der Waals surface area contributed by atoms with E-state index in [4.69, 9.17) is 0 Å². The lowest BCUT2D eigenvalue weighted by atomic mass is 10.1. The minimum Gasteiger partial charge on any atom is -0.336 e. The minimum absolute atomic E-state index is 0. The van der Waals surface area contributed by atoms with Gasteiger partial charge in [0.15, 0.2) is 5.03 Å². The SMILES string of the molecule is CC(C)Cn1cnc(S(=O)(=O)N2CCNCC2c2cccc(F)c2)c1.Cl. The van der Waals surface area contributed by atoms with Crippen LogP contribution in [-0.4, -0.2) is 41.9 Å². The van der Waals surface area contributed by atoms with Crippen molar-refractivity contribution in [1.82, 2.24) is 19.2 Å². The number of nitrogens with zero attached hydrogens (tertiary/aromatic N) is 3. The van der Waals surface area contributed by atoms with Gasteiger partial charge >= 0.3 is 0 Å². The molecule has 2 heterocycles. The van der Waals surface area contributed by atoms with Gasteiger partial charge in [0.2, 0.25) is 0 Å². The van der Waals surface area contributed by atoms with Gasteiger partial charge in [-0.1, -0.05) is 26.0 Å². The fraction of sp³-hybridized carbons (Fsp3) is 0.471. The van der Waals surface area contributed by atoms with Crippen LogP contribution in [0, 0.1) is 11.7 Å². The molecular formula is C17H24ClFN4O2S. The summed E-state index contributed by atoms with van der Waals surface area (Å²) in [6.45, 7) is 6.14. The Hall–Kier alpha value is -1.48. The molecule has 1 N–H and O–H groups in total. The molecule has 1 saturated heterocycles. The largest absolute Gasteiger partial charge is 0.336 e. The Morgan fingerprint density at radius 1 is 1.38 bits per heavy atom. The molecule has 1 atom stereocenters. The lowest BCUT2D eigenvalue weighted by Gasteiger charge is -2.34. The van der Waals surface area contributed by atoms with Crippen molar-refractivity contribution in [2.45, 2.75) is 31.5 Å². The molecule has 1 aliphatic heterocycles. The zero-order valence-electron chi connectivity index (χ0n) is 14.8. The van der Waals surface area contributed by atoms with Gasteiger partial charge in [0.25, 0.3) is 10.0 Å². The molecule has 26 heavy (non-hydrogen) atoms. The number of imidazole rings is 1. The third kappa shape index (κ3) is 4.43. The van der Waals surface area contributed by atoms with Crippen LogP contribution in [0.3, 0.4) is 0 Å². The first-order valence-corrected chi connectivity index (χ1v) is 9.81. The lowest BCUT2D eigenvalue weighted by Crippen LogP contribution is -2.48. The van der Waals surface area contributed by atoms with Crippen molar-refractivity contribution in [3.8, 4) is 0 Å². The standard InChI is InChI=1S/C17H23FN4O2S.ClH/c1-13(2)10-21-11-17(20-12-21)25(23,24)22-7-6-19-9-16(22)14-4-3-5-15(18)8-14;/h3-5,8,11-13,16,19H,6-7,9-10H2,1-2H3;1H. The molecule has 1 fully saturated rings. The average molecular weight is 403 g/mol. The van der Waals surface area contributed by atoms with E-state index >= 15 is 0 Å². The summed E-state index contributed by atoms with van der Waals surface area (Å²) in [5.74, 6) is 0.0191. The Morgan fingerprint density at radius 3 is 2.85 bits per heavy atom. The summed E-state index contributed by atoms with van der Waals surface area (Å²) in [5.41, 5.74) is 0.636. The number of sulfonamides is 1. The highest BCUT2D eigenvalue weighted by atomic mass is 35.5. The van der Waals surface area contributed by atoms with Gasteiger partial charge in [-0.2, -0.15) is 4.31 Å². The summed E-state index contributed by atoms with van der Waals surface area (Å²) >= 11 is 0. The van der Waals surface area contributed by atoms with E-state index in [9.17, 15) is 12.8 Å². The lowest BCUT2D eigenvalue weighted by molar-refractivity contribution is 0.270. The van der Waals surface area contributed by atoms with E-state index in [2.05, 4.69) is 24.1 Å². The van der Waals surface area contributed by atoms with Crippen LogP contribution >= 0.6 is 12.4 Å². The number of hydrogen-bond donors (Lipinski definition) is 1. The molecule has 0 aliphatic carbocycles. The molecule has 2 aromatic rings. The molecule has 0 amide bonds.